The molecule has 1 saturated heterocycles. The van der Waals surface area contributed by atoms with E-state index in [1.54, 1.807) is 0 Å². The molecule has 2 heterocycles. The molecule has 0 aliphatic carbocycles. The summed E-state index contributed by atoms with van der Waals surface area (Å²) in [5.41, 5.74) is 1.76. The van der Waals surface area contributed by atoms with Gasteiger partial charge in [0.25, 0.3) is 0 Å². The van der Waals surface area contributed by atoms with Crippen LogP contribution in [0.25, 0.3) is 0 Å². The first-order chi connectivity index (χ1) is 12.3. The SMILES string of the molecule is Cl.O=C(Nc1cccc(COc2ccc3c(c2)OCO3)c1)C1CCCN1. The van der Waals surface area contributed by atoms with E-state index in [9.17, 15) is 4.79 Å². The average molecular weight is 377 g/mol. The van der Waals surface area contributed by atoms with Gasteiger partial charge in [-0.2, -0.15) is 0 Å². The molecule has 2 aromatic rings. The van der Waals surface area contributed by atoms with E-state index in [1.165, 1.54) is 0 Å². The van der Waals surface area contributed by atoms with Gasteiger partial charge in [-0.15, -0.1) is 12.4 Å². The van der Waals surface area contributed by atoms with E-state index in [0.717, 1.165) is 36.4 Å². The van der Waals surface area contributed by atoms with Crippen molar-refractivity contribution >= 4 is 24.0 Å². The zero-order chi connectivity index (χ0) is 17.1. The normalized spacial score (nSPS) is 17.5. The van der Waals surface area contributed by atoms with Crippen molar-refractivity contribution in [2.45, 2.75) is 25.5 Å². The number of amides is 1. The fraction of sp³-hybridized carbons (Fsp3) is 0.316. The number of carbonyl (C=O) groups excluding carboxylic acids is 1. The number of halogens is 1. The minimum Gasteiger partial charge on any atom is -0.489 e. The molecule has 2 aliphatic heterocycles. The first-order valence-corrected chi connectivity index (χ1v) is 8.43. The number of benzene rings is 2. The summed E-state index contributed by atoms with van der Waals surface area (Å²) in [6.45, 7) is 1.56. The van der Waals surface area contributed by atoms with Crippen LogP contribution in [0, 0.1) is 0 Å². The Morgan fingerprint density at radius 2 is 2.08 bits per heavy atom. The zero-order valence-corrected chi connectivity index (χ0v) is 15.0. The number of hydrogen-bond acceptors (Lipinski definition) is 5. The van der Waals surface area contributed by atoms with Crippen LogP contribution in [-0.4, -0.2) is 25.3 Å². The van der Waals surface area contributed by atoms with E-state index < -0.39 is 0 Å². The summed E-state index contributed by atoms with van der Waals surface area (Å²) in [7, 11) is 0. The van der Waals surface area contributed by atoms with Crippen molar-refractivity contribution in [3.63, 3.8) is 0 Å². The molecule has 0 aromatic heterocycles. The van der Waals surface area contributed by atoms with Crippen molar-refractivity contribution in [1.29, 1.82) is 0 Å². The molecule has 1 amide bonds. The van der Waals surface area contributed by atoms with Crippen LogP contribution in [0.5, 0.6) is 17.2 Å². The standard InChI is InChI=1S/C19H20N2O4.ClH/c22-19(16-5-2-8-20-16)21-14-4-1-3-13(9-14)11-23-15-6-7-17-18(10-15)25-12-24-17;/h1,3-4,6-7,9-10,16,20H,2,5,8,11-12H2,(H,21,22);1H. The largest absolute Gasteiger partial charge is 0.489 e. The summed E-state index contributed by atoms with van der Waals surface area (Å²) in [6, 6.07) is 13.1. The lowest BCUT2D eigenvalue weighted by atomic mass is 10.2. The van der Waals surface area contributed by atoms with Crippen LogP contribution in [-0.2, 0) is 11.4 Å². The Balaban J connectivity index is 0.00000196. The fourth-order valence-corrected chi connectivity index (χ4v) is 3.01. The van der Waals surface area contributed by atoms with Crippen molar-refractivity contribution in [2.75, 3.05) is 18.7 Å². The minimum atomic E-state index is -0.0893. The Hall–Kier alpha value is -2.44. The van der Waals surface area contributed by atoms with Gasteiger partial charge >= 0.3 is 0 Å². The highest BCUT2D eigenvalue weighted by molar-refractivity contribution is 5.95. The molecule has 0 spiro atoms. The second kappa shape index (κ2) is 8.29. The van der Waals surface area contributed by atoms with Gasteiger partial charge < -0.3 is 24.8 Å². The van der Waals surface area contributed by atoms with Gasteiger partial charge in [0.15, 0.2) is 11.5 Å². The Morgan fingerprint density at radius 3 is 2.92 bits per heavy atom. The smallest absolute Gasteiger partial charge is 0.241 e. The monoisotopic (exact) mass is 376 g/mol. The number of anilines is 1. The Labute approximate surface area is 158 Å². The Bertz CT molecular complexity index is 778. The molecule has 0 radical (unpaired) electrons. The Morgan fingerprint density at radius 1 is 1.19 bits per heavy atom. The van der Waals surface area contributed by atoms with Gasteiger partial charge in [-0.3, -0.25) is 4.79 Å². The lowest BCUT2D eigenvalue weighted by Crippen LogP contribution is -2.35. The van der Waals surface area contributed by atoms with Gasteiger partial charge in [0, 0.05) is 11.8 Å². The van der Waals surface area contributed by atoms with Gasteiger partial charge in [-0.25, -0.2) is 0 Å². The summed E-state index contributed by atoms with van der Waals surface area (Å²) in [4.78, 5) is 12.2. The molecule has 1 fully saturated rings. The lowest BCUT2D eigenvalue weighted by Gasteiger charge is -2.12. The minimum absolute atomic E-state index is 0. The number of nitrogens with one attached hydrogen (secondary N) is 2. The van der Waals surface area contributed by atoms with Crippen molar-refractivity contribution in [1.82, 2.24) is 5.32 Å². The molecule has 26 heavy (non-hydrogen) atoms. The maximum Gasteiger partial charge on any atom is 0.241 e. The quantitative estimate of drug-likeness (QED) is 0.839. The van der Waals surface area contributed by atoms with E-state index in [4.69, 9.17) is 14.2 Å². The van der Waals surface area contributed by atoms with Crippen molar-refractivity contribution in [2.24, 2.45) is 0 Å². The van der Waals surface area contributed by atoms with E-state index in [2.05, 4.69) is 10.6 Å². The molecule has 0 saturated carbocycles. The number of carbonyl (C=O) groups is 1. The van der Waals surface area contributed by atoms with Gasteiger partial charge in [0.1, 0.15) is 12.4 Å². The van der Waals surface area contributed by atoms with E-state index in [0.29, 0.717) is 18.1 Å². The van der Waals surface area contributed by atoms with E-state index in [-0.39, 0.29) is 31.1 Å². The van der Waals surface area contributed by atoms with Crippen LogP contribution in [0.1, 0.15) is 18.4 Å². The van der Waals surface area contributed by atoms with Gasteiger partial charge in [-0.05, 0) is 49.2 Å². The number of ether oxygens (including phenoxy) is 3. The molecule has 1 unspecified atom stereocenters. The van der Waals surface area contributed by atoms with E-state index in [1.807, 2.05) is 42.5 Å². The van der Waals surface area contributed by atoms with Gasteiger partial charge in [0.2, 0.25) is 12.7 Å². The van der Waals surface area contributed by atoms with Crippen molar-refractivity contribution < 1.29 is 19.0 Å². The average Bonchev–Trinajstić information content (AvgIpc) is 3.31. The predicted molar refractivity (Wildman–Crippen MR) is 100 cm³/mol. The summed E-state index contributed by atoms with van der Waals surface area (Å²) in [6.07, 6.45) is 1.93. The zero-order valence-electron chi connectivity index (χ0n) is 14.2. The third-order valence-electron chi connectivity index (χ3n) is 4.32. The van der Waals surface area contributed by atoms with Crippen molar-refractivity contribution in [3.05, 3.63) is 48.0 Å². The summed E-state index contributed by atoms with van der Waals surface area (Å²) in [5.74, 6) is 2.17. The third-order valence-corrected chi connectivity index (χ3v) is 4.32. The molecule has 2 aliphatic rings. The third kappa shape index (κ3) is 4.20. The van der Waals surface area contributed by atoms with Crippen LogP contribution < -0.4 is 24.8 Å². The highest BCUT2D eigenvalue weighted by Gasteiger charge is 2.21. The molecule has 0 bridgehead atoms. The molecule has 6 nitrogen and oxygen atoms in total. The molecule has 2 N–H and O–H groups in total. The summed E-state index contributed by atoms with van der Waals surface area (Å²) in [5, 5.41) is 6.16. The number of rotatable bonds is 5. The van der Waals surface area contributed by atoms with Crippen LogP contribution in [0.3, 0.4) is 0 Å². The highest BCUT2D eigenvalue weighted by Crippen LogP contribution is 2.35. The Kier molecular flexibility index (Phi) is 5.85. The first-order valence-electron chi connectivity index (χ1n) is 8.43. The fourth-order valence-electron chi connectivity index (χ4n) is 3.01. The highest BCUT2D eigenvalue weighted by atomic mass is 35.5. The summed E-state index contributed by atoms with van der Waals surface area (Å²) >= 11 is 0. The maximum atomic E-state index is 12.2. The molecule has 4 rings (SSSR count). The topological polar surface area (TPSA) is 68.8 Å². The van der Waals surface area contributed by atoms with Crippen LogP contribution in [0.4, 0.5) is 5.69 Å². The summed E-state index contributed by atoms with van der Waals surface area (Å²) < 4.78 is 16.5. The second-order valence-corrected chi connectivity index (χ2v) is 6.14. The number of hydrogen-bond donors (Lipinski definition) is 2. The maximum absolute atomic E-state index is 12.2. The van der Waals surface area contributed by atoms with E-state index >= 15 is 0 Å². The van der Waals surface area contributed by atoms with Crippen LogP contribution in [0.2, 0.25) is 0 Å². The molecule has 138 valence electrons. The van der Waals surface area contributed by atoms with Crippen LogP contribution >= 0.6 is 12.4 Å². The molecule has 7 heteroatoms. The second-order valence-electron chi connectivity index (χ2n) is 6.14. The molecule has 1 atom stereocenters. The molecular weight excluding hydrogens is 356 g/mol. The van der Waals surface area contributed by atoms with Gasteiger partial charge in [0.05, 0.1) is 6.04 Å². The van der Waals surface area contributed by atoms with Crippen LogP contribution in [0.15, 0.2) is 42.5 Å². The predicted octanol–water partition coefficient (Wildman–Crippen LogP) is 3.11. The van der Waals surface area contributed by atoms with Crippen molar-refractivity contribution in [3.8, 4) is 17.2 Å². The lowest BCUT2D eigenvalue weighted by molar-refractivity contribution is -0.117. The number of fused-ring (bicyclic) bond motifs is 1. The molecular formula is C19H21ClN2O4. The molecule has 2 aromatic carbocycles. The van der Waals surface area contributed by atoms with Gasteiger partial charge in [-0.1, -0.05) is 12.1 Å². The first kappa shape index (κ1) is 18.4.